The summed E-state index contributed by atoms with van der Waals surface area (Å²) in [7, 11) is -2.39. The number of ether oxygens (including phenoxy) is 1. The molecule has 0 aromatic heterocycles. The summed E-state index contributed by atoms with van der Waals surface area (Å²) < 4.78 is 47.3. The average molecular weight is 399 g/mol. The van der Waals surface area contributed by atoms with Crippen LogP contribution in [0.4, 0.5) is 10.1 Å². The molecule has 0 aliphatic carbocycles. The van der Waals surface area contributed by atoms with Gasteiger partial charge in [0.1, 0.15) is 11.6 Å². The van der Waals surface area contributed by atoms with Gasteiger partial charge in [0.05, 0.1) is 24.2 Å². The first-order chi connectivity index (χ1) is 13.3. The van der Waals surface area contributed by atoms with Crippen LogP contribution in [0, 0.1) is 19.7 Å². The second-order valence-corrected chi connectivity index (χ2v) is 8.47. The highest BCUT2D eigenvalue weighted by Crippen LogP contribution is 2.28. The SMILES string of the molecule is COc1ccc(S(=O)(=O)N(Cc2cccc(C)c2)c2ccc(C)c(F)c2)cc1. The van der Waals surface area contributed by atoms with E-state index in [4.69, 9.17) is 4.74 Å². The molecule has 0 bridgehead atoms. The second-order valence-electron chi connectivity index (χ2n) is 6.61. The van der Waals surface area contributed by atoms with Gasteiger partial charge in [-0.3, -0.25) is 4.31 Å². The summed E-state index contributed by atoms with van der Waals surface area (Å²) >= 11 is 0. The minimum Gasteiger partial charge on any atom is -0.497 e. The molecule has 0 amide bonds. The molecule has 0 aliphatic heterocycles. The van der Waals surface area contributed by atoms with Crippen LogP contribution in [0.1, 0.15) is 16.7 Å². The summed E-state index contributed by atoms with van der Waals surface area (Å²) in [6, 6.07) is 18.2. The molecule has 3 aromatic rings. The Labute approximate surface area is 165 Å². The third kappa shape index (κ3) is 4.17. The summed E-state index contributed by atoms with van der Waals surface area (Å²) in [4.78, 5) is 0.113. The van der Waals surface area contributed by atoms with E-state index in [1.807, 2.05) is 31.2 Å². The molecule has 28 heavy (non-hydrogen) atoms. The van der Waals surface area contributed by atoms with Gasteiger partial charge < -0.3 is 4.74 Å². The lowest BCUT2D eigenvalue weighted by atomic mass is 10.1. The highest BCUT2D eigenvalue weighted by atomic mass is 32.2. The average Bonchev–Trinajstić information content (AvgIpc) is 2.68. The normalized spacial score (nSPS) is 11.3. The maximum absolute atomic E-state index is 14.2. The van der Waals surface area contributed by atoms with Crippen LogP contribution in [0.25, 0.3) is 0 Å². The number of sulfonamides is 1. The fourth-order valence-corrected chi connectivity index (χ4v) is 4.35. The van der Waals surface area contributed by atoms with Crippen LogP contribution in [0.2, 0.25) is 0 Å². The molecule has 0 radical (unpaired) electrons. The highest BCUT2D eigenvalue weighted by molar-refractivity contribution is 7.92. The van der Waals surface area contributed by atoms with Crippen molar-refractivity contribution in [2.45, 2.75) is 25.3 Å². The Bertz CT molecular complexity index is 1080. The molecule has 0 fully saturated rings. The number of nitrogens with zero attached hydrogens (tertiary/aromatic N) is 1. The Morgan fingerprint density at radius 2 is 1.68 bits per heavy atom. The standard InChI is InChI=1S/C22H22FNO3S/c1-16-5-4-6-18(13-16)15-24(19-8-7-17(2)22(23)14-19)28(25,26)21-11-9-20(27-3)10-12-21/h4-14H,15H2,1-3H3. The van der Waals surface area contributed by atoms with E-state index in [1.54, 1.807) is 31.2 Å². The van der Waals surface area contributed by atoms with Crippen molar-refractivity contribution in [1.82, 2.24) is 0 Å². The van der Waals surface area contributed by atoms with Crippen LogP contribution in [0.5, 0.6) is 5.75 Å². The van der Waals surface area contributed by atoms with Gasteiger partial charge in [0.15, 0.2) is 0 Å². The molecular formula is C22H22FNO3S. The number of rotatable bonds is 6. The van der Waals surface area contributed by atoms with Gasteiger partial charge in [-0.25, -0.2) is 12.8 Å². The van der Waals surface area contributed by atoms with Crippen molar-refractivity contribution in [3.05, 3.63) is 89.2 Å². The van der Waals surface area contributed by atoms with Crippen LogP contribution in [-0.2, 0) is 16.6 Å². The van der Waals surface area contributed by atoms with Gasteiger partial charge in [-0.05, 0) is 61.4 Å². The van der Waals surface area contributed by atoms with Crippen molar-refractivity contribution in [2.75, 3.05) is 11.4 Å². The lowest BCUT2D eigenvalue weighted by molar-refractivity contribution is 0.414. The molecule has 0 spiro atoms. The predicted octanol–water partition coefficient (Wildman–Crippen LogP) is 4.85. The monoisotopic (exact) mass is 399 g/mol. The van der Waals surface area contributed by atoms with Gasteiger partial charge in [0.2, 0.25) is 0 Å². The van der Waals surface area contributed by atoms with Crippen LogP contribution >= 0.6 is 0 Å². The van der Waals surface area contributed by atoms with Gasteiger partial charge in [-0.2, -0.15) is 0 Å². The summed E-state index contributed by atoms with van der Waals surface area (Å²) in [6.45, 7) is 3.68. The third-order valence-corrected chi connectivity index (χ3v) is 6.29. The number of methoxy groups -OCH3 is 1. The Morgan fingerprint density at radius 1 is 0.964 bits per heavy atom. The summed E-state index contributed by atoms with van der Waals surface area (Å²) in [5.41, 5.74) is 2.58. The van der Waals surface area contributed by atoms with E-state index >= 15 is 0 Å². The number of hydrogen-bond acceptors (Lipinski definition) is 3. The van der Waals surface area contributed by atoms with E-state index in [0.717, 1.165) is 11.1 Å². The number of aryl methyl sites for hydroxylation is 2. The zero-order valence-corrected chi connectivity index (χ0v) is 16.8. The molecular weight excluding hydrogens is 377 g/mol. The maximum Gasteiger partial charge on any atom is 0.264 e. The zero-order valence-electron chi connectivity index (χ0n) is 16.0. The first-order valence-corrected chi connectivity index (χ1v) is 10.2. The maximum atomic E-state index is 14.2. The van der Waals surface area contributed by atoms with E-state index in [9.17, 15) is 12.8 Å². The molecule has 4 nitrogen and oxygen atoms in total. The molecule has 0 unspecified atom stereocenters. The summed E-state index contributed by atoms with van der Waals surface area (Å²) in [5.74, 6) is 0.113. The van der Waals surface area contributed by atoms with Gasteiger partial charge >= 0.3 is 0 Å². The first-order valence-electron chi connectivity index (χ1n) is 8.80. The minimum atomic E-state index is -3.91. The third-order valence-electron chi connectivity index (χ3n) is 4.50. The van der Waals surface area contributed by atoms with Crippen molar-refractivity contribution >= 4 is 15.7 Å². The van der Waals surface area contributed by atoms with E-state index in [2.05, 4.69) is 0 Å². The predicted molar refractivity (Wildman–Crippen MR) is 109 cm³/mol. The number of halogens is 1. The Balaban J connectivity index is 2.09. The Hall–Kier alpha value is -2.86. The van der Waals surface area contributed by atoms with Crippen LogP contribution < -0.4 is 9.04 Å². The molecule has 0 saturated carbocycles. The van der Waals surface area contributed by atoms with Crippen LogP contribution in [0.15, 0.2) is 71.6 Å². The smallest absolute Gasteiger partial charge is 0.264 e. The molecule has 0 atom stereocenters. The second kappa shape index (κ2) is 8.02. The van der Waals surface area contributed by atoms with E-state index in [1.165, 1.54) is 29.6 Å². The Morgan fingerprint density at radius 3 is 2.29 bits per heavy atom. The summed E-state index contributed by atoms with van der Waals surface area (Å²) in [5, 5.41) is 0. The molecule has 146 valence electrons. The lowest BCUT2D eigenvalue weighted by Crippen LogP contribution is -2.30. The van der Waals surface area contributed by atoms with Gasteiger partial charge in [-0.1, -0.05) is 35.9 Å². The lowest BCUT2D eigenvalue weighted by Gasteiger charge is -2.25. The molecule has 3 aromatic carbocycles. The summed E-state index contributed by atoms with van der Waals surface area (Å²) in [6.07, 6.45) is 0. The van der Waals surface area contributed by atoms with E-state index in [0.29, 0.717) is 11.3 Å². The molecule has 3 rings (SSSR count). The van der Waals surface area contributed by atoms with Crippen molar-refractivity contribution in [3.8, 4) is 5.75 Å². The van der Waals surface area contributed by atoms with Crippen molar-refractivity contribution in [3.63, 3.8) is 0 Å². The molecule has 0 saturated heterocycles. The van der Waals surface area contributed by atoms with Gasteiger partial charge in [-0.15, -0.1) is 0 Å². The van der Waals surface area contributed by atoms with E-state index in [-0.39, 0.29) is 17.1 Å². The molecule has 6 heteroatoms. The van der Waals surface area contributed by atoms with Crippen molar-refractivity contribution in [2.24, 2.45) is 0 Å². The van der Waals surface area contributed by atoms with Crippen molar-refractivity contribution < 1.29 is 17.5 Å². The number of hydrogen-bond donors (Lipinski definition) is 0. The first kappa shape index (κ1) is 19.9. The zero-order chi connectivity index (χ0) is 20.3. The van der Waals surface area contributed by atoms with Crippen LogP contribution in [0.3, 0.4) is 0 Å². The quantitative estimate of drug-likeness (QED) is 0.595. The minimum absolute atomic E-state index is 0.0958. The highest BCUT2D eigenvalue weighted by Gasteiger charge is 2.26. The molecule has 0 aliphatic rings. The van der Waals surface area contributed by atoms with Gasteiger partial charge in [0.25, 0.3) is 10.0 Å². The van der Waals surface area contributed by atoms with Crippen molar-refractivity contribution in [1.29, 1.82) is 0 Å². The Kier molecular flexibility index (Phi) is 5.70. The largest absolute Gasteiger partial charge is 0.497 e. The van der Waals surface area contributed by atoms with E-state index < -0.39 is 15.8 Å². The number of anilines is 1. The fourth-order valence-electron chi connectivity index (χ4n) is 2.90. The number of benzene rings is 3. The molecule has 0 heterocycles. The van der Waals surface area contributed by atoms with Gasteiger partial charge in [0, 0.05) is 0 Å². The molecule has 0 N–H and O–H groups in total. The van der Waals surface area contributed by atoms with Crippen LogP contribution in [-0.4, -0.2) is 15.5 Å². The topological polar surface area (TPSA) is 46.6 Å². The fraction of sp³-hybridized carbons (Fsp3) is 0.182.